The van der Waals surface area contributed by atoms with Gasteiger partial charge in [-0.3, -0.25) is 14.9 Å². The van der Waals surface area contributed by atoms with Crippen molar-refractivity contribution in [3.05, 3.63) is 64.2 Å². The molecule has 7 nitrogen and oxygen atoms in total. The molecule has 0 saturated heterocycles. The van der Waals surface area contributed by atoms with Crippen molar-refractivity contribution in [3.63, 3.8) is 0 Å². The summed E-state index contributed by atoms with van der Waals surface area (Å²) in [6.45, 7) is 0. The first-order chi connectivity index (χ1) is 11.5. The summed E-state index contributed by atoms with van der Waals surface area (Å²) in [4.78, 5) is 22.0. The van der Waals surface area contributed by atoms with Gasteiger partial charge in [-0.25, -0.2) is 0 Å². The lowest BCUT2D eigenvalue weighted by Gasteiger charge is -2.07. The summed E-state index contributed by atoms with van der Waals surface area (Å²) >= 11 is 0. The Kier molecular flexibility index (Phi) is 5.51. The van der Waals surface area contributed by atoms with Crippen LogP contribution in [-0.4, -0.2) is 25.1 Å². The molecule has 1 N–H and O–H groups in total. The van der Waals surface area contributed by atoms with Gasteiger partial charge in [0.2, 0.25) is 5.91 Å². The van der Waals surface area contributed by atoms with Gasteiger partial charge < -0.3 is 14.8 Å². The van der Waals surface area contributed by atoms with E-state index in [-0.39, 0.29) is 11.6 Å². The molecule has 1 amide bonds. The number of hydrogen-bond acceptors (Lipinski definition) is 5. The molecular weight excluding hydrogens is 312 g/mol. The molecule has 7 heteroatoms. The van der Waals surface area contributed by atoms with Crippen LogP contribution in [0.15, 0.2) is 48.5 Å². The normalized spacial score (nSPS) is 10.4. The van der Waals surface area contributed by atoms with Gasteiger partial charge in [-0.15, -0.1) is 0 Å². The van der Waals surface area contributed by atoms with Crippen molar-refractivity contribution in [2.45, 2.75) is 0 Å². The van der Waals surface area contributed by atoms with Gasteiger partial charge in [0, 0.05) is 35.5 Å². The van der Waals surface area contributed by atoms with Crippen LogP contribution in [0.1, 0.15) is 5.56 Å². The molecule has 124 valence electrons. The number of nitro benzene ring substituents is 1. The van der Waals surface area contributed by atoms with Gasteiger partial charge in [0.15, 0.2) is 0 Å². The summed E-state index contributed by atoms with van der Waals surface area (Å²) in [6, 6.07) is 10.8. The van der Waals surface area contributed by atoms with Crippen molar-refractivity contribution < 1.29 is 19.2 Å². The highest BCUT2D eigenvalue weighted by Crippen LogP contribution is 2.25. The van der Waals surface area contributed by atoms with Crippen LogP contribution in [0.3, 0.4) is 0 Å². The van der Waals surface area contributed by atoms with E-state index in [4.69, 9.17) is 9.47 Å². The third-order valence-corrected chi connectivity index (χ3v) is 3.20. The molecule has 0 aliphatic heterocycles. The van der Waals surface area contributed by atoms with Crippen molar-refractivity contribution in [1.82, 2.24) is 0 Å². The Labute approximate surface area is 138 Å². The smallest absolute Gasteiger partial charge is 0.269 e. The predicted octanol–water partition coefficient (Wildman–Crippen LogP) is 3.26. The van der Waals surface area contributed by atoms with Crippen LogP contribution in [0.5, 0.6) is 11.5 Å². The minimum Gasteiger partial charge on any atom is -0.497 e. The summed E-state index contributed by atoms with van der Waals surface area (Å²) < 4.78 is 10.4. The van der Waals surface area contributed by atoms with Crippen LogP contribution in [0.2, 0.25) is 0 Å². The zero-order valence-electron chi connectivity index (χ0n) is 13.2. The van der Waals surface area contributed by atoms with E-state index in [0.29, 0.717) is 17.2 Å². The maximum absolute atomic E-state index is 11.9. The molecule has 24 heavy (non-hydrogen) atoms. The molecule has 0 bridgehead atoms. The lowest BCUT2D eigenvalue weighted by molar-refractivity contribution is -0.384. The molecule has 0 aliphatic carbocycles. The SMILES string of the molecule is COc1ccc(/C=C/C(=O)Nc2ccc([N+](=O)[O-])cc2)c(OC)c1. The van der Waals surface area contributed by atoms with Crippen molar-refractivity contribution in [2.24, 2.45) is 0 Å². The van der Waals surface area contributed by atoms with Crippen LogP contribution >= 0.6 is 0 Å². The molecule has 0 unspecified atom stereocenters. The molecule has 0 aromatic heterocycles. The number of methoxy groups -OCH3 is 2. The van der Waals surface area contributed by atoms with Gasteiger partial charge in [0.1, 0.15) is 11.5 Å². The number of nitrogens with one attached hydrogen (secondary N) is 1. The van der Waals surface area contributed by atoms with E-state index in [0.717, 1.165) is 5.56 Å². The first-order valence-electron chi connectivity index (χ1n) is 6.99. The number of rotatable bonds is 6. The molecule has 0 radical (unpaired) electrons. The number of amides is 1. The maximum atomic E-state index is 11.9. The van der Waals surface area contributed by atoms with Gasteiger partial charge >= 0.3 is 0 Å². The quantitative estimate of drug-likeness (QED) is 0.499. The van der Waals surface area contributed by atoms with E-state index in [1.54, 1.807) is 31.4 Å². The molecule has 0 saturated carbocycles. The summed E-state index contributed by atoms with van der Waals surface area (Å²) in [5, 5.41) is 13.2. The first-order valence-corrected chi connectivity index (χ1v) is 6.99. The lowest BCUT2D eigenvalue weighted by Crippen LogP contribution is -2.07. The average Bonchev–Trinajstić information content (AvgIpc) is 2.60. The Morgan fingerprint density at radius 2 is 1.83 bits per heavy atom. The molecule has 0 fully saturated rings. The Bertz CT molecular complexity index is 769. The van der Waals surface area contributed by atoms with E-state index >= 15 is 0 Å². The second-order valence-corrected chi connectivity index (χ2v) is 4.73. The number of carbonyl (C=O) groups is 1. The molecule has 0 spiro atoms. The van der Waals surface area contributed by atoms with Gasteiger partial charge in [-0.1, -0.05) is 0 Å². The van der Waals surface area contributed by atoms with E-state index in [1.807, 2.05) is 0 Å². The third kappa shape index (κ3) is 4.33. The number of nitrogens with zero attached hydrogens (tertiary/aromatic N) is 1. The van der Waals surface area contributed by atoms with Crippen molar-refractivity contribution in [1.29, 1.82) is 0 Å². The van der Waals surface area contributed by atoms with E-state index in [1.165, 1.54) is 37.5 Å². The molecule has 0 heterocycles. The van der Waals surface area contributed by atoms with Crippen LogP contribution in [0, 0.1) is 10.1 Å². The molecule has 0 aliphatic rings. The highest BCUT2D eigenvalue weighted by Gasteiger charge is 2.06. The van der Waals surface area contributed by atoms with Crippen LogP contribution in [0.25, 0.3) is 6.08 Å². The number of anilines is 1. The largest absolute Gasteiger partial charge is 0.497 e. The van der Waals surface area contributed by atoms with Gasteiger partial charge in [0.05, 0.1) is 19.1 Å². The summed E-state index contributed by atoms with van der Waals surface area (Å²) in [5.41, 5.74) is 1.15. The van der Waals surface area contributed by atoms with Gasteiger partial charge in [-0.2, -0.15) is 0 Å². The zero-order chi connectivity index (χ0) is 17.5. The monoisotopic (exact) mass is 328 g/mol. The Morgan fingerprint density at radius 1 is 1.12 bits per heavy atom. The topological polar surface area (TPSA) is 90.7 Å². The molecule has 2 rings (SSSR count). The highest BCUT2D eigenvalue weighted by atomic mass is 16.6. The molecule has 2 aromatic carbocycles. The minimum absolute atomic E-state index is 0.0356. The third-order valence-electron chi connectivity index (χ3n) is 3.20. The van der Waals surface area contributed by atoms with Gasteiger partial charge in [-0.05, 0) is 30.3 Å². The Morgan fingerprint density at radius 3 is 2.42 bits per heavy atom. The minimum atomic E-state index is -0.499. The molecular formula is C17H16N2O5. The van der Waals surface area contributed by atoms with E-state index in [2.05, 4.69) is 5.32 Å². The first kappa shape index (κ1) is 17.0. The van der Waals surface area contributed by atoms with E-state index < -0.39 is 4.92 Å². The second kappa shape index (κ2) is 7.77. The number of nitro groups is 1. The number of hydrogen-bond donors (Lipinski definition) is 1. The summed E-state index contributed by atoms with van der Waals surface area (Å²) in [7, 11) is 3.09. The fraction of sp³-hybridized carbons (Fsp3) is 0.118. The van der Waals surface area contributed by atoms with Crippen LogP contribution in [0.4, 0.5) is 11.4 Å². The lowest BCUT2D eigenvalue weighted by atomic mass is 10.1. The summed E-state index contributed by atoms with van der Waals surface area (Å²) in [6.07, 6.45) is 2.96. The van der Waals surface area contributed by atoms with Crippen LogP contribution < -0.4 is 14.8 Å². The number of ether oxygens (including phenoxy) is 2. The number of carbonyl (C=O) groups excluding carboxylic acids is 1. The second-order valence-electron chi connectivity index (χ2n) is 4.73. The van der Waals surface area contributed by atoms with Crippen molar-refractivity contribution in [3.8, 4) is 11.5 Å². The molecule has 0 atom stereocenters. The fourth-order valence-corrected chi connectivity index (χ4v) is 1.97. The number of non-ortho nitro benzene ring substituents is 1. The average molecular weight is 328 g/mol. The van der Waals surface area contributed by atoms with Gasteiger partial charge in [0.25, 0.3) is 5.69 Å². The number of benzene rings is 2. The fourth-order valence-electron chi connectivity index (χ4n) is 1.97. The highest BCUT2D eigenvalue weighted by molar-refractivity contribution is 6.02. The Hall–Kier alpha value is -3.35. The standard InChI is InChI=1S/C17H16N2O5/c1-23-15-9-3-12(16(11-15)24-2)4-10-17(20)18-13-5-7-14(8-6-13)19(21)22/h3-11H,1-2H3,(H,18,20)/b10-4+. The molecule has 2 aromatic rings. The predicted molar refractivity (Wildman–Crippen MR) is 90.3 cm³/mol. The zero-order valence-corrected chi connectivity index (χ0v) is 13.2. The van der Waals surface area contributed by atoms with Crippen molar-refractivity contribution >= 4 is 23.4 Å². The van der Waals surface area contributed by atoms with Crippen LogP contribution in [-0.2, 0) is 4.79 Å². The van der Waals surface area contributed by atoms with E-state index in [9.17, 15) is 14.9 Å². The summed E-state index contributed by atoms with van der Waals surface area (Å²) in [5.74, 6) is 0.870. The van der Waals surface area contributed by atoms with Crippen molar-refractivity contribution in [2.75, 3.05) is 19.5 Å². The Balaban J connectivity index is 2.06. The maximum Gasteiger partial charge on any atom is 0.269 e.